The van der Waals surface area contributed by atoms with Gasteiger partial charge in [0.05, 0.1) is 10.0 Å². The van der Waals surface area contributed by atoms with Crippen molar-refractivity contribution >= 4 is 37.6 Å². The summed E-state index contributed by atoms with van der Waals surface area (Å²) in [5, 5.41) is 9.70. The number of Topliss-reactive ketones (excluding diaryl/α,β-unsaturated/α-hetero) is 1. The Bertz CT molecular complexity index is 375. The third-order valence-corrected chi connectivity index (χ3v) is 3.15. The van der Waals surface area contributed by atoms with E-state index >= 15 is 0 Å². The standard InChI is InChI=1S/C11H12Br2O2/c1-2-3-4-10(14)8-5-7(12)6-9(13)11(8)15/h5-6,15H,2-4H2,1H3. The monoisotopic (exact) mass is 334 g/mol. The normalized spacial score (nSPS) is 10.3. The number of halogens is 2. The molecular weight excluding hydrogens is 324 g/mol. The molecule has 4 heteroatoms. The van der Waals surface area contributed by atoms with Crippen LogP contribution < -0.4 is 0 Å². The van der Waals surface area contributed by atoms with Gasteiger partial charge in [-0.2, -0.15) is 0 Å². The summed E-state index contributed by atoms with van der Waals surface area (Å²) >= 11 is 6.49. The van der Waals surface area contributed by atoms with E-state index in [1.54, 1.807) is 12.1 Å². The van der Waals surface area contributed by atoms with Crippen LogP contribution in [-0.4, -0.2) is 10.9 Å². The van der Waals surface area contributed by atoms with Crippen LogP contribution in [0.25, 0.3) is 0 Å². The minimum Gasteiger partial charge on any atom is -0.506 e. The van der Waals surface area contributed by atoms with E-state index in [9.17, 15) is 9.90 Å². The van der Waals surface area contributed by atoms with Gasteiger partial charge in [-0.05, 0) is 34.5 Å². The van der Waals surface area contributed by atoms with Gasteiger partial charge in [-0.25, -0.2) is 0 Å². The maximum atomic E-state index is 11.7. The van der Waals surface area contributed by atoms with E-state index < -0.39 is 0 Å². The lowest BCUT2D eigenvalue weighted by Gasteiger charge is -2.06. The Labute approximate surface area is 106 Å². The predicted molar refractivity (Wildman–Crippen MR) is 67.4 cm³/mol. The van der Waals surface area contributed by atoms with Crippen LogP contribution in [0, 0.1) is 0 Å². The molecule has 0 atom stereocenters. The summed E-state index contributed by atoms with van der Waals surface area (Å²) in [5.41, 5.74) is 0.379. The topological polar surface area (TPSA) is 37.3 Å². The molecule has 0 radical (unpaired) electrons. The molecule has 82 valence electrons. The van der Waals surface area contributed by atoms with E-state index in [-0.39, 0.29) is 11.5 Å². The molecule has 0 heterocycles. The molecule has 0 amide bonds. The first-order valence-electron chi connectivity index (χ1n) is 4.77. The quantitative estimate of drug-likeness (QED) is 0.833. The zero-order valence-corrected chi connectivity index (χ0v) is 11.6. The molecule has 0 aromatic heterocycles. The Kier molecular flexibility index (Phi) is 4.80. The Balaban J connectivity index is 2.98. The van der Waals surface area contributed by atoms with E-state index in [0.29, 0.717) is 16.5 Å². The van der Waals surface area contributed by atoms with Gasteiger partial charge in [-0.15, -0.1) is 0 Å². The number of hydrogen-bond donors (Lipinski definition) is 1. The SMILES string of the molecule is CCCCC(=O)c1cc(Br)cc(Br)c1O. The lowest BCUT2D eigenvalue weighted by molar-refractivity contribution is 0.0977. The first-order chi connectivity index (χ1) is 7.06. The van der Waals surface area contributed by atoms with Gasteiger partial charge < -0.3 is 5.11 Å². The van der Waals surface area contributed by atoms with E-state index in [1.807, 2.05) is 6.92 Å². The fourth-order valence-corrected chi connectivity index (χ4v) is 2.48. The molecule has 1 aromatic carbocycles. The highest BCUT2D eigenvalue weighted by molar-refractivity contribution is 9.11. The summed E-state index contributed by atoms with van der Waals surface area (Å²) in [5.74, 6) is 0.00986. The molecule has 0 spiro atoms. The average Bonchev–Trinajstić information content (AvgIpc) is 2.19. The van der Waals surface area contributed by atoms with Crippen molar-refractivity contribution in [3.63, 3.8) is 0 Å². The van der Waals surface area contributed by atoms with Crippen LogP contribution in [0.3, 0.4) is 0 Å². The zero-order chi connectivity index (χ0) is 11.4. The van der Waals surface area contributed by atoms with Crippen LogP contribution in [0.1, 0.15) is 36.5 Å². The molecule has 1 N–H and O–H groups in total. The Hall–Kier alpha value is -0.350. The number of ketones is 1. The summed E-state index contributed by atoms with van der Waals surface area (Å²) < 4.78 is 1.32. The van der Waals surface area contributed by atoms with Crippen LogP contribution in [0.4, 0.5) is 0 Å². The second-order valence-electron chi connectivity index (χ2n) is 3.31. The highest BCUT2D eigenvalue weighted by atomic mass is 79.9. The van der Waals surface area contributed by atoms with Gasteiger partial charge in [0.15, 0.2) is 5.78 Å². The number of rotatable bonds is 4. The molecule has 0 saturated heterocycles. The zero-order valence-electron chi connectivity index (χ0n) is 8.39. The van der Waals surface area contributed by atoms with Gasteiger partial charge in [0.1, 0.15) is 5.75 Å². The lowest BCUT2D eigenvalue weighted by atomic mass is 10.1. The summed E-state index contributed by atoms with van der Waals surface area (Å²) in [6.45, 7) is 2.03. The van der Waals surface area contributed by atoms with Crippen molar-refractivity contribution in [1.82, 2.24) is 0 Å². The minimum absolute atomic E-state index is 0.0173. The second-order valence-corrected chi connectivity index (χ2v) is 5.08. The van der Waals surface area contributed by atoms with Gasteiger partial charge in [0, 0.05) is 10.9 Å². The molecule has 0 unspecified atom stereocenters. The van der Waals surface area contributed by atoms with E-state index in [0.717, 1.165) is 17.3 Å². The summed E-state index contributed by atoms with van der Waals surface area (Å²) in [7, 11) is 0. The number of benzene rings is 1. The summed E-state index contributed by atoms with van der Waals surface area (Å²) in [4.78, 5) is 11.7. The molecule has 1 aromatic rings. The molecule has 2 nitrogen and oxygen atoms in total. The third kappa shape index (κ3) is 3.31. The van der Waals surface area contributed by atoms with Crippen molar-refractivity contribution in [2.75, 3.05) is 0 Å². The van der Waals surface area contributed by atoms with Gasteiger partial charge in [0.2, 0.25) is 0 Å². The smallest absolute Gasteiger partial charge is 0.166 e. The number of unbranched alkanes of at least 4 members (excludes halogenated alkanes) is 1. The Morgan fingerprint density at radius 1 is 1.40 bits per heavy atom. The molecule has 0 aliphatic heterocycles. The second kappa shape index (κ2) is 5.66. The van der Waals surface area contributed by atoms with Crippen LogP contribution in [0.2, 0.25) is 0 Å². The maximum Gasteiger partial charge on any atom is 0.166 e. The molecule has 0 saturated carbocycles. The minimum atomic E-state index is -0.0173. The maximum absolute atomic E-state index is 11.7. The number of aromatic hydroxyl groups is 1. The first kappa shape index (κ1) is 12.7. The molecule has 0 aliphatic carbocycles. The van der Waals surface area contributed by atoms with Gasteiger partial charge >= 0.3 is 0 Å². The number of phenols is 1. The van der Waals surface area contributed by atoms with Crippen molar-refractivity contribution in [3.8, 4) is 5.75 Å². The van der Waals surface area contributed by atoms with Gasteiger partial charge in [-0.1, -0.05) is 29.3 Å². The largest absolute Gasteiger partial charge is 0.506 e. The molecule has 15 heavy (non-hydrogen) atoms. The van der Waals surface area contributed by atoms with E-state index in [4.69, 9.17) is 0 Å². The third-order valence-electron chi connectivity index (χ3n) is 2.09. The van der Waals surface area contributed by atoms with Gasteiger partial charge in [0.25, 0.3) is 0 Å². The number of carbonyl (C=O) groups excluding carboxylic acids is 1. The van der Waals surface area contributed by atoms with Crippen molar-refractivity contribution in [2.45, 2.75) is 26.2 Å². The predicted octanol–water partition coefficient (Wildman–Crippen LogP) is 4.29. The molecule has 0 bridgehead atoms. The van der Waals surface area contributed by atoms with Crippen molar-refractivity contribution < 1.29 is 9.90 Å². The van der Waals surface area contributed by atoms with E-state index in [1.165, 1.54) is 0 Å². The Morgan fingerprint density at radius 2 is 2.07 bits per heavy atom. The van der Waals surface area contributed by atoms with Crippen LogP contribution in [0.15, 0.2) is 21.1 Å². The van der Waals surface area contributed by atoms with Crippen molar-refractivity contribution in [1.29, 1.82) is 0 Å². The molecule has 0 fully saturated rings. The summed E-state index contributed by atoms with van der Waals surface area (Å²) in [6, 6.07) is 3.37. The first-order valence-corrected chi connectivity index (χ1v) is 6.36. The van der Waals surface area contributed by atoms with Crippen LogP contribution in [-0.2, 0) is 0 Å². The molecular formula is C11H12Br2O2. The van der Waals surface area contributed by atoms with Crippen LogP contribution in [0.5, 0.6) is 5.75 Å². The average molecular weight is 336 g/mol. The number of hydrogen-bond acceptors (Lipinski definition) is 2. The number of phenolic OH excluding ortho intramolecular Hbond substituents is 1. The highest BCUT2D eigenvalue weighted by Gasteiger charge is 2.14. The number of carbonyl (C=O) groups is 1. The Morgan fingerprint density at radius 3 is 2.67 bits per heavy atom. The lowest BCUT2D eigenvalue weighted by Crippen LogP contribution is -1.99. The fraction of sp³-hybridized carbons (Fsp3) is 0.364. The van der Waals surface area contributed by atoms with Crippen molar-refractivity contribution in [3.05, 3.63) is 26.6 Å². The highest BCUT2D eigenvalue weighted by Crippen LogP contribution is 2.32. The van der Waals surface area contributed by atoms with Crippen molar-refractivity contribution in [2.24, 2.45) is 0 Å². The van der Waals surface area contributed by atoms with Gasteiger partial charge in [-0.3, -0.25) is 4.79 Å². The molecule has 1 rings (SSSR count). The fourth-order valence-electron chi connectivity index (χ4n) is 1.25. The van der Waals surface area contributed by atoms with E-state index in [2.05, 4.69) is 31.9 Å². The van der Waals surface area contributed by atoms with Crippen LogP contribution >= 0.6 is 31.9 Å². The molecule has 0 aliphatic rings. The summed E-state index contributed by atoms with van der Waals surface area (Å²) in [6.07, 6.45) is 2.30.